The average molecular weight is 875 g/mol. The van der Waals surface area contributed by atoms with Crippen LogP contribution in [0.3, 0.4) is 0 Å². The van der Waals surface area contributed by atoms with Crippen LogP contribution in [0.1, 0.15) is 25.0 Å². The molecule has 2 heterocycles. The third kappa shape index (κ3) is 5.55. The van der Waals surface area contributed by atoms with Gasteiger partial charge < -0.3 is 18.6 Å². The number of aryl methyl sites for hydroxylation is 4. The van der Waals surface area contributed by atoms with E-state index in [0.717, 1.165) is 121 Å². The fraction of sp³-hybridized carbons (Fsp3) is 0.0625. The van der Waals surface area contributed by atoms with Crippen LogP contribution in [0.25, 0.3) is 97.7 Å². The van der Waals surface area contributed by atoms with Crippen LogP contribution in [-0.4, -0.2) is 0 Å². The van der Waals surface area contributed by atoms with Gasteiger partial charge in [-0.1, -0.05) is 157 Å². The molecule has 0 bridgehead atoms. The quantitative estimate of drug-likeness (QED) is 0.156. The summed E-state index contributed by atoms with van der Waals surface area (Å²) in [4.78, 5) is 4.82. The number of furan rings is 2. The van der Waals surface area contributed by atoms with E-state index in [0.29, 0.717) is 23.3 Å². The second-order valence-electron chi connectivity index (χ2n) is 18.5. The molecule has 0 N–H and O–H groups in total. The maximum atomic E-state index is 8.86. The first-order valence-electron chi connectivity index (χ1n) is 24.3. The molecule has 4 nitrogen and oxygen atoms in total. The van der Waals surface area contributed by atoms with Gasteiger partial charge in [0, 0.05) is 43.1 Å². The van der Waals surface area contributed by atoms with E-state index in [4.69, 9.17) is 11.6 Å². The molecule has 0 spiro atoms. The fourth-order valence-electron chi connectivity index (χ4n) is 11.2. The number of benzene rings is 12. The van der Waals surface area contributed by atoms with Crippen molar-refractivity contribution in [1.29, 1.82) is 0 Å². The smallest absolute Gasteiger partial charge is 0.159 e. The molecule has 0 radical (unpaired) electrons. The minimum absolute atomic E-state index is 0.363. The van der Waals surface area contributed by atoms with Gasteiger partial charge in [-0.2, -0.15) is 0 Å². The van der Waals surface area contributed by atoms with E-state index in [1.54, 1.807) is 12.1 Å². The van der Waals surface area contributed by atoms with Gasteiger partial charge in [0.05, 0.1) is 36.9 Å². The lowest BCUT2D eigenvalue weighted by Crippen LogP contribution is -2.14. The Morgan fingerprint density at radius 1 is 0.338 bits per heavy atom. The molecule has 68 heavy (non-hydrogen) atoms. The summed E-state index contributed by atoms with van der Waals surface area (Å²) in [5.74, 6) is 0. The number of fused-ring (bicyclic) bond motifs is 8. The zero-order valence-corrected chi connectivity index (χ0v) is 38.0. The number of para-hydroxylation sites is 4. The molecular formula is C64H44N2O2. The predicted octanol–water partition coefficient (Wildman–Crippen LogP) is 18.9. The Kier molecular flexibility index (Phi) is 7.78. The minimum atomic E-state index is 0.363. The topological polar surface area (TPSA) is 32.8 Å². The highest BCUT2D eigenvalue weighted by Crippen LogP contribution is 2.53. The van der Waals surface area contributed by atoms with E-state index >= 15 is 0 Å². The molecule has 0 aliphatic heterocycles. The number of rotatable bonds is 6. The normalized spacial score (nSPS) is 12.5. The van der Waals surface area contributed by atoms with Crippen LogP contribution >= 0.6 is 0 Å². The zero-order chi connectivity index (χ0) is 47.1. The van der Waals surface area contributed by atoms with Crippen LogP contribution in [0.5, 0.6) is 0 Å². The molecule has 12 aromatic carbocycles. The molecule has 2 aromatic heterocycles. The van der Waals surface area contributed by atoms with Gasteiger partial charge in [-0.15, -0.1) is 0 Å². The molecule has 0 saturated carbocycles. The highest BCUT2D eigenvalue weighted by atomic mass is 16.3. The molecule has 0 aliphatic carbocycles. The van der Waals surface area contributed by atoms with Gasteiger partial charge in [-0.25, -0.2) is 0 Å². The standard InChI is InChI=1S/C64H44N2O2/c1-37-19-23-41-25-21-39(3)61(51(41)35-37)65(55-15-9-13-47-45-11-5-7-17-57(45)67-63(47)55)53-33-29-43-28-32-50-54(34-30-44-27-31-49(53)59(43)60(44)50)66(62-40(4)22-26-42-24-20-38(2)36-52(42)62)56-16-10-14-48-46-12-6-8-18-58(46)68-64(48)56/h5-36H,1-4H3/i17D,18D. The van der Waals surface area contributed by atoms with Crippen molar-refractivity contribution >= 4 is 132 Å². The minimum Gasteiger partial charge on any atom is -0.454 e. The fourth-order valence-corrected chi connectivity index (χ4v) is 11.2. The van der Waals surface area contributed by atoms with Crippen LogP contribution in [0.15, 0.2) is 203 Å². The number of hydrogen-bond donors (Lipinski definition) is 0. The van der Waals surface area contributed by atoms with Crippen molar-refractivity contribution in [3.8, 4) is 0 Å². The largest absolute Gasteiger partial charge is 0.454 e. The SMILES string of the molecule is [2H]c1cccc2c1oc1c(N(c3c(C)ccc4ccc(C)cc34)c3ccc4ccc5c(N(c6c(C)ccc7ccc(C)cc67)c6cccc7c6oc6c([2H])cccc67)ccc6ccc3c4c65)cccc12. The Labute approximate surface area is 395 Å². The summed E-state index contributed by atoms with van der Waals surface area (Å²) in [5.41, 5.74) is 13.3. The van der Waals surface area contributed by atoms with Crippen molar-refractivity contribution in [3.05, 3.63) is 216 Å². The lowest BCUT2D eigenvalue weighted by atomic mass is 9.91. The van der Waals surface area contributed by atoms with Gasteiger partial charge in [0.15, 0.2) is 11.2 Å². The van der Waals surface area contributed by atoms with Crippen molar-refractivity contribution in [3.63, 3.8) is 0 Å². The Bertz CT molecular complexity index is 4230. The van der Waals surface area contributed by atoms with Crippen molar-refractivity contribution in [2.75, 3.05) is 9.80 Å². The third-order valence-corrected chi connectivity index (χ3v) is 14.3. The van der Waals surface area contributed by atoms with E-state index in [1.165, 1.54) is 21.9 Å². The van der Waals surface area contributed by atoms with E-state index in [-0.39, 0.29) is 0 Å². The summed E-state index contributed by atoms with van der Waals surface area (Å²) in [5, 5.41) is 15.3. The van der Waals surface area contributed by atoms with E-state index in [1.807, 2.05) is 12.1 Å². The first-order valence-corrected chi connectivity index (χ1v) is 23.3. The van der Waals surface area contributed by atoms with Crippen molar-refractivity contribution in [2.24, 2.45) is 0 Å². The summed E-state index contributed by atoms with van der Waals surface area (Å²) >= 11 is 0. The van der Waals surface area contributed by atoms with Crippen LogP contribution in [-0.2, 0) is 0 Å². The summed E-state index contributed by atoms with van der Waals surface area (Å²) < 4.78 is 31.4. The third-order valence-electron chi connectivity index (χ3n) is 14.3. The Balaban J connectivity index is 1.09. The first kappa shape index (κ1) is 36.6. The lowest BCUT2D eigenvalue weighted by Gasteiger charge is -2.31. The van der Waals surface area contributed by atoms with Crippen LogP contribution in [0, 0.1) is 27.7 Å². The molecule has 14 rings (SSSR count). The van der Waals surface area contributed by atoms with Gasteiger partial charge in [-0.3, -0.25) is 0 Å². The van der Waals surface area contributed by atoms with E-state index in [9.17, 15) is 0 Å². The van der Waals surface area contributed by atoms with Gasteiger partial charge in [0.2, 0.25) is 0 Å². The molecule has 4 heteroatoms. The summed E-state index contributed by atoms with van der Waals surface area (Å²) in [7, 11) is 0. The van der Waals surface area contributed by atoms with Crippen molar-refractivity contribution in [1.82, 2.24) is 0 Å². The molecule has 0 amide bonds. The second kappa shape index (κ2) is 14.4. The molecule has 322 valence electrons. The predicted molar refractivity (Wildman–Crippen MR) is 288 cm³/mol. The van der Waals surface area contributed by atoms with Crippen molar-refractivity contribution < 1.29 is 11.6 Å². The van der Waals surface area contributed by atoms with Gasteiger partial charge >= 0.3 is 0 Å². The van der Waals surface area contributed by atoms with Crippen molar-refractivity contribution in [2.45, 2.75) is 27.7 Å². The monoisotopic (exact) mass is 874 g/mol. The Morgan fingerprint density at radius 3 is 1.22 bits per heavy atom. The number of anilines is 6. The molecule has 0 aliphatic rings. The first-order chi connectivity index (χ1) is 34.2. The van der Waals surface area contributed by atoms with Crippen LogP contribution in [0.4, 0.5) is 34.1 Å². The lowest BCUT2D eigenvalue weighted by molar-refractivity contribution is 0.669. The molecule has 0 fully saturated rings. The Hall–Kier alpha value is -8.60. The molecule has 0 saturated heterocycles. The maximum absolute atomic E-state index is 8.86. The second-order valence-corrected chi connectivity index (χ2v) is 18.5. The summed E-state index contributed by atoms with van der Waals surface area (Å²) in [6.45, 7) is 8.72. The van der Waals surface area contributed by atoms with Gasteiger partial charge in [-0.05, 0) is 120 Å². The highest BCUT2D eigenvalue weighted by Gasteiger charge is 2.28. The van der Waals surface area contributed by atoms with Crippen LogP contribution < -0.4 is 9.80 Å². The molecule has 0 atom stereocenters. The Morgan fingerprint density at radius 2 is 0.750 bits per heavy atom. The van der Waals surface area contributed by atoms with Gasteiger partial charge in [0.1, 0.15) is 11.2 Å². The molecular weight excluding hydrogens is 829 g/mol. The van der Waals surface area contributed by atoms with E-state index in [2.05, 4.69) is 195 Å². The summed E-state index contributed by atoms with van der Waals surface area (Å²) in [6, 6.07) is 65.5. The summed E-state index contributed by atoms with van der Waals surface area (Å²) in [6.07, 6.45) is 0. The average Bonchev–Trinajstić information content (AvgIpc) is 3.96. The highest BCUT2D eigenvalue weighted by molar-refractivity contribution is 6.29. The number of nitrogens with zero attached hydrogens (tertiary/aromatic N) is 2. The van der Waals surface area contributed by atoms with Crippen LogP contribution in [0.2, 0.25) is 0 Å². The van der Waals surface area contributed by atoms with Gasteiger partial charge in [0.25, 0.3) is 0 Å². The molecule has 14 aromatic rings. The maximum Gasteiger partial charge on any atom is 0.159 e. The molecule has 0 unspecified atom stereocenters. The van der Waals surface area contributed by atoms with E-state index < -0.39 is 0 Å². The zero-order valence-electron chi connectivity index (χ0n) is 40.0. The number of hydrogen-bond acceptors (Lipinski definition) is 4.